The van der Waals surface area contributed by atoms with Gasteiger partial charge in [0.2, 0.25) is 0 Å². The minimum absolute atomic E-state index is 0.0469. The molecule has 0 saturated carbocycles. The number of nitrogens with one attached hydrogen (secondary N) is 1. The Morgan fingerprint density at radius 1 is 1.10 bits per heavy atom. The maximum absolute atomic E-state index is 13.2. The number of anilines is 1. The molecule has 2 rings (SSSR count). The molecule has 0 heterocycles. The van der Waals surface area contributed by atoms with E-state index in [1.165, 1.54) is 12.1 Å². The molecule has 0 atom stereocenters. The number of sulfonamides is 1. The Hall–Kier alpha value is -2.48. The molecule has 0 unspecified atom stereocenters. The molecule has 0 amide bonds. The van der Waals surface area contributed by atoms with Gasteiger partial charge >= 0.3 is 0 Å². The van der Waals surface area contributed by atoms with Gasteiger partial charge in [-0.25, -0.2) is 17.2 Å². The van der Waals surface area contributed by atoms with Crippen LogP contribution in [0.4, 0.5) is 14.5 Å². The maximum atomic E-state index is 13.2. The van der Waals surface area contributed by atoms with Gasteiger partial charge in [0, 0.05) is 5.56 Å². The van der Waals surface area contributed by atoms with Crippen molar-refractivity contribution in [2.75, 3.05) is 4.72 Å². The van der Waals surface area contributed by atoms with E-state index < -0.39 is 38.1 Å². The molecule has 5 nitrogen and oxygen atoms in total. The van der Waals surface area contributed by atoms with Crippen molar-refractivity contribution < 1.29 is 27.1 Å². The van der Waals surface area contributed by atoms with Gasteiger partial charge in [-0.3, -0.25) is 4.72 Å². The molecule has 1 N–H and O–H groups in total. The second kappa shape index (κ2) is 5.49. The number of carboxylic acid groups (broad SMARTS) is 1. The Kier molecular flexibility index (Phi) is 3.90. The lowest BCUT2D eigenvalue weighted by atomic mass is 10.2. The average Bonchev–Trinajstić information content (AvgIpc) is 2.38. The minimum Gasteiger partial charge on any atom is -0.545 e. The number of aromatic carboxylic acids is 1. The normalized spacial score (nSPS) is 11.1. The van der Waals surface area contributed by atoms with E-state index in [1.807, 2.05) is 0 Å². The van der Waals surface area contributed by atoms with Gasteiger partial charge in [-0.05, 0) is 36.4 Å². The topological polar surface area (TPSA) is 86.3 Å². The van der Waals surface area contributed by atoms with Gasteiger partial charge in [0.05, 0.1) is 16.6 Å². The van der Waals surface area contributed by atoms with Crippen LogP contribution in [-0.4, -0.2) is 14.4 Å². The molecule has 21 heavy (non-hydrogen) atoms. The number of hydrogen-bond acceptors (Lipinski definition) is 4. The van der Waals surface area contributed by atoms with Crippen LogP contribution in [0.1, 0.15) is 10.4 Å². The van der Waals surface area contributed by atoms with Gasteiger partial charge in [0.15, 0.2) is 0 Å². The number of rotatable bonds is 4. The molecule has 0 spiro atoms. The van der Waals surface area contributed by atoms with Crippen LogP contribution in [0.25, 0.3) is 0 Å². The van der Waals surface area contributed by atoms with Crippen molar-refractivity contribution >= 4 is 21.7 Å². The van der Waals surface area contributed by atoms with Crippen molar-refractivity contribution in [3.63, 3.8) is 0 Å². The third-order valence-electron chi connectivity index (χ3n) is 2.54. The summed E-state index contributed by atoms with van der Waals surface area (Å²) in [5.74, 6) is -3.60. The first-order valence-electron chi connectivity index (χ1n) is 5.59. The van der Waals surface area contributed by atoms with E-state index in [-0.39, 0.29) is 5.69 Å². The number of carbonyl (C=O) groups excluding carboxylic acids is 1. The molecule has 0 saturated heterocycles. The molecule has 0 aliphatic carbocycles. The van der Waals surface area contributed by atoms with Crippen LogP contribution in [0.2, 0.25) is 0 Å². The van der Waals surface area contributed by atoms with Crippen LogP contribution < -0.4 is 9.83 Å². The minimum atomic E-state index is -4.18. The second-order valence-electron chi connectivity index (χ2n) is 4.04. The fourth-order valence-corrected chi connectivity index (χ4v) is 2.67. The highest BCUT2D eigenvalue weighted by molar-refractivity contribution is 7.92. The average molecular weight is 312 g/mol. The molecule has 8 heteroatoms. The van der Waals surface area contributed by atoms with Crippen molar-refractivity contribution in [2.45, 2.75) is 4.90 Å². The summed E-state index contributed by atoms with van der Waals surface area (Å²) < 4.78 is 52.3. The lowest BCUT2D eigenvalue weighted by Gasteiger charge is -2.10. The van der Waals surface area contributed by atoms with E-state index >= 15 is 0 Å². The lowest BCUT2D eigenvalue weighted by molar-refractivity contribution is -0.255. The summed E-state index contributed by atoms with van der Waals surface area (Å²) in [5, 5.41) is 10.7. The van der Waals surface area contributed by atoms with Crippen LogP contribution in [0.3, 0.4) is 0 Å². The van der Waals surface area contributed by atoms with Crippen molar-refractivity contribution in [3.8, 4) is 0 Å². The first-order chi connectivity index (χ1) is 9.79. The largest absolute Gasteiger partial charge is 0.545 e. The quantitative estimate of drug-likeness (QED) is 0.917. The van der Waals surface area contributed by atoms with Crippen molar-refractivity contribution in [1.82, 2.24) is 0 Å². The summed E-state index contributed by atoms with van der Waals surface area (Å²) in [6.45, 7) is 0. The third-order valence-corrected chi connectivity index (χ3v) is 3.92. The highest BCUT2D eigenvalue weighted by Crippen LogP contribution is 2.19. The zero-order chi connectivity index (χ0) is 15.6. The van der Waals surface area contributed by atoms with Gasteiger partial charge in [0.25, 0.3) is 10.0 Å². The van der Waals surface area contributed by atoms with E-state index in [2.05, 4.69) is 4.72 Å². The van der Waals surface area contributed by atoms with Gasteiger partial charge in [0.1, 0.15) is 11.6 Å². The van der Waals surface area contributed by atoms with E-state index in [9.17, 15) is 27.1 Å². The number of benzene rings is 2. The highest BCUT2D eigenvalue weighted by Gasteiger charge is 2.17. The zero-order valence-corrected chi connectivity index (χ0v) is 11.2. The van der Waals surface area contributed by atoms with E-state index in [4.69, 9.17) is 0 Å². The SMILES string of the molecule is O=C([O-])c1cc(S(=O)(=O)Nc2cccc(F)c2)ccc1F. The molecule has 2 aromatic carbocycles. The maximum Gasteiger partial charge on any atom is 0.261 e. The first-order valence-corrected chi connectivity index (χ1v) is 7.07. The van der Waals surface area contributed by atoms with Gasteiger partial charge in [-0.2, -0.15) is 0 Å². The molecule has 0 bridgehead atoms. The van der Waals surface area contributed by atoms with Gasteiger partial charge in [-0.15, -0.1) is 0 Å². The molecule has 0 aliphatic heterocycles. The fourth-order valence-electron chi connectivity index (χ4n) is 1.59. The molecule has 110 valence electrons. The summed E-state index contributed by atoms with van der Waals surface area (Å²) in [5.41, 5.74) is -0.925. The first kappa shape index (κ1) is 14.9. The Bertz CT molecular complexity index is 806. The molecule has 0 radical (unpaired) electrons. The standard InChI is InChI=1S/C13H9F2NO4S/c14-8-2-1-3-9(6-8)16-21(19,20)10-4-5-12(15)11(7-10)13(17)18/h1-7,16H,(H,17,18)/p-1. The predicted molar refractivity (Wildman–Crippen MR) is 67.9 cm³/mol. The summed E-state index contributed by atoms with van der Waals surface area (Å²) in [7, 11) is -4.18. The number of carbonyl (C=O) groups is 1. The number of carboxylic acids is 1. The second-order valence-corrected chi connectivity index (χ2v) is 5.73. The monoisotopic (exact) mass is 312 g/mol. The molecule has 2 aromatic rings. The molecule has 0 aliphatic rings. The molecular formula is C13H8F2NO4S-. The van der Waals surface area contributed by atoms with Crippen LogP contribution in [0.5, 0.6) is 0 Å². The van der Waals surface area contributed by atoms with Crippen molar-refractivity contribution in [1.29, 1.82) is 0 Å². The van der Waals surface area contributed by atoms with Crippen molar-refractivity contribution in [2.24, 2.45) is 0 Å². The van der Waals surface area contributed by atoms with Crippen LogP contribution >= 0.6 is 0 Å². The smallest absolute Gasteiger partial charge is 0.261 e. The highest BCUT2D eigenvalue weighted by atomic mass is 32.2. The Labute approximate surface area is 118 Å². The summed E-state index contributed by atoms with van der Waals surface area (Å²) in [6.07, 6.45) is 0. The number of halogens is 2. The Morgan fingerprint density at radius 2 is 1.81 bits per heavy atom. The van der Waals surface area contributed by atoms with Crippen LogP contribution in [0.15, 0.2) is 47.4 Å². The summed E-state index contributed by atoms with van der Waals surface area (Å²) >= 11 is 0. The molecule has 0 fully saturated rings. The van der Waals surface area contributed by atoms with E-state index in [0.29, 0.717) is 12.1 Å². The Balaban J connectivity index is 2.40. The summed E-state index contributed by atoms with van der Waals surface area (Å²) in [6, 6.07) is 6.90. The van der Waals surface area contributed by atoms with Gasteiger partial charge < -0.3 is 9.90 Å². The van der Waals surface area contributed by atoms with Crippen molar-refractivity contribution in [3.05, 3.63) is 59.7 Å². The zero-order valence-electron chi connectivity index (χ0n) is 10.3. The van der Waals surface area contributed by atoms with Crippen LogP contribution in [-0.2, 0) is 10.0 Å². The lowest BCUT2D eigenvalue weighted by Crippen LogP contribution is -2.24. The summed E-state index contributed by atoms with van der Waals surface area (Å²) in [4.78, 5) is 10.2. The van der Waals surface area contributed by atoms with Gasteiger partial charge in [-0.1, -0.05) is 6.07 Å². The predicted octanol–water partition coefficient (Wildman–Crippen LogP) is 1.13. The number of hydrogen-bond donors (Lipinski definition) is 1. The molecular weight excluding hydrogens is 304 g/mol. The third kappa shape index (κ3) is 3.34. The van der Waals surface area contributed by atoms with E-state index in [0.717, 1.165) is 18.2 Å². The molecule has 0 aromatic heterocycles. The fraction of sp³-hybridized carbons (Fsp3) is 0. The van der Waals surface area contributed by atoms with Crippen LogP contribution in [0, 0.1) is 11.6 Å². The Morgan fingerprint density at radius 3 is 2.43 bits per heavy atom. The van der Waals surface area contributed by atoms with E-state index in [1.54, 1.807) is 0 Å².